The van der Waals surface area contributed by atoms with Gasteiger partial charge < -0.3 is 4.74 Å². The van der Waals surface area contributed by atoms with E-state index in [1.54, 1.807) is 12.1 Å². The lowest BCUT2D eigenvalue weighted by molar-refractivity contribution is 0.0954. The number of hydrazone groups is 1. The lowest BCUT2D eigenvalue weighted by Crippen LogP contribution is -2.29. The second-order valence-corrected chi connectivity index (χ2v) is 8.89. The number of hydrogen-bond donors (Lipinski definition) is 1. The van der Waals surface area contributed by atoms with Crippen LogP contribution in [-0.4, -0.2) is 11.6 Å². The fourth-order valence-electron chi connectivity index (χ4n) is 3.57. The van der Waals surface area contributed by atoms with Crippen LogP contribution in [0.25, 0.3) is 0 Å². The lowest BCUT2D eigenvalue weighted by Gasteiger charge is -2.27. The molecule has 4 nitrogen and oxygen atoms in total. The Labute approximate surface area is 181 Å². The number of halogens is 2. The molecular weight excluding hydrogens is 484 g/mol. The fraction of sp³-hybridized carbons (Fsp3) is 0.273. The molecule has 0 saturated heterocycles. The fourth-order valence-corrected chi connectivity index (χ4v) is 5.22. The van der Waals surface area contributed by atoms with Crippen LogP contribution in [0.3, 0.4) is 0 Å². The highest BCUT2D eigenvalue weighted by atomic mass is 79.9. The standard InChI is InChI=1S/C22H20Br2N2O2/c1-13-9-18(23)21(19(24)10-13)28-12-14-5-7-15(8-6-14)22(27)26-25-20-11-16-3-2-4-17(16)20/h4-10,16H,2-3,11-12H2,1H3,(H,26,27)/b25-20+. The van der Waals surface area contributed by atoms with Gasteiger partial charge in [-0.1, -0.05) is 18.2 Å². The minimum Gasteiger partial charge on any atom is -0.487 e. The molecule has 1 fully saturated rings. The Morgan fingerprint density at radius 1 is 1.21 bits per heavy atom. The Morgan fingerprint density at radius 3 is 2.61 bits per heavy atom. The van der Waals surface area contributed by atoms with E-state index < -0.39 is 0 Å². The van der Waals surface area contributed by atoms with Gasteiger partial charge >= 0.3 is 0 Å². The number of benzene rings is 2. The topological polar surface area (TPSA) is 50.7 Å². The van der Waals surface area contributed by atoms with Crippen LogP contribution in [0.1, 0.15) is 40.7 Å². The van der Waals surface area contributed by atoms with Crippen LogP contribution in [-0.2, 0) is 6.61 Å². The number of nitrogens with zero attached hydrogens (tertiary/aromatic N) is 1. The number of amides is 1. The highest BCUT2D eigenvalue weighted by Crippen LogP contribution is 2.40. The molecule has 0 spiro atoms. The van der Waals surface area contributed by atoms with Crippen molar-refractivity contribution < 1.29 is 9.53 Å². The van der Waals surface area contributed by atoms with Gasteiger partial charge in [-0.25, -0.2) is 5.43 Å². The zero-order valence-electron chi connectivity index (χ0n) is 15.5. The molecule has 1 atom stereocenters. The SMILES string of the molecule is Cc1cc(Br)c(OCc2ccc(C(=O)N/N=C3\CC4CCC=C34)cc2)c(Br)c1. The Balaban J connectivity index is 1.35. The second kappa shape index (κ2) is 8.21. The largest absolute Gasteiger partial charge is 0.487 e. The molecule has 1 N–H and O–H groups in total. The number of aryl methyl sites for hydroxylation is 1. The maximum absolute atomic E-state index is 12.3. The van der Waals surface area contributed by atoms with Crippen LogP contribution in [0.2, 0.25) is 0 Å². The summed E-state index contributed by atoms with van der Waals surface area (Å²) in [7, 11) is 0. The molecule has 6 heteroatoms. The van der Waals surface area contributed by atoms with E-state index in [1.165, 1.54) is 12.0 Å². The van der Waals surface area contributed by atoms with Crippen LogP contribution in [0, 0.1) is 12.8 Å². The predicted molar refractivity (Wildman–Crippen MR) is 118 cm³/mol. The summed E-state index contributed by atoms with van der Waals surface area (Å²) in [4.78, 5) is 12.3. The van der Waals surface area contributed by atoms with E-state index in [4.69, 9.17) is 4.74 Å². The van der Waals surface area contributed by atoms with E-state index in [9.17, 15) is 4.79 Å². The molecule has 0 aromatic heterocycles. The minimum atomic E-state index is -0.189. The van der Waals surface area contributed by atoms with Gasteiger partial charge in [-0.05, 0) is 105 Å². The van der Waals surface area contributed by atoms with Gasteiger partial charge in [0, 0.05) is 5.56 Å². The molecule has 2 aromatic rings. The van der Waals surface area contributed by atoms with Gasteiger partial charge in [0.15, 0.2) is 0 Å². The van der Waals surface area contributed by atoms with Crippen LogP contribution < -0.4 is 10.2 Å². The van der Waals surface area contributed by atoms with Crippen molar-refractivity contribution in [3.63, 3.8) is 0 Å². The van der Waals surface area contributed by atoms with E-state index in [0.29, 0.717) is 18.1 Å². The van der Waals surface area contributed by atoms with Gasteiger partial charge in [0.1, 0.15) is 12.4 Å². The number of ether oxygens (including phenoxy) is 1. The van der Waals surface area contributed by atoms with Crippen molar-refractivity contribution >= 4 is 43.5 Å². The zero-order chi connectivity index (χ0) is 19.7. The van der Waals surface area contributed by atoms with Crippen molar-refractivity contribution in [1.29, 1.82) is 0 Å². The van der Waals surface area contributed by atoms with Gasteiger partial charge in [0.2, 0.25) is 0 Å². The smallest absolute Gasteiger partial charge is 0.271 e. The van der Waals surface area contributed by atoms with E-state index in [2.05, 4.69) is 48.5 Å². The average molecular weight is 504 g/mol. The quantitative estimate of drug-likeness (QED) is 0.514. The molecule has 0 bridgehead atoms. The van der Waals surface area contributed by atoms with Crippen LogP contribution in [0.5, 0.6) is 5.75 Å². The third kappa shape index (κ3) is 4.08. The first-order valence-corrected chi connectivity index (χ1v) is 10.8. The highest BCUT2D eigenvalue weighted by Gasteiger charge is 2.34. The van der Waals surface area contributed by atoms with Gasteiger partial charge in [0.25, 0.3) is 5.91 Å². The summed E-state index contributed by atoms with van der Waals surface area (Å²) in [6.45, 7) is 2.45. The van der Waals surface area contributed by atoms with Crippen molar-refractivity contribution in [2.75, 3.05) is 0 Å². The van der Waals surface area contributed by atoms with Crippen molar-refractivity contribution in [3.8, 4) is 5.75 Å². The van der Waals surface area contributed by atoms with Crippen molar-refractivity contribution in [2.45, 2.75) is 32.8 Å². The van der Waals surface area contributed by atoms with Crippen molar-refractivity contribution in [3.05, 3.63) is 73.7 Å². The Bertz CT molecular complexity index is 958. The van der Waals surface area contributed by atoms with Gasteiger partial charge in [0.05, 0.1) is 14.7 Å². The summed E-state index contributed by atoms with van der Waals surface area (Å²) in [5.41, 5.74) is 7.74. The first kappa shape index (κ1) is 19.4. The van der Waals surface area contributed by atoms with Crippen LogP contribution in [0.4, 0.5) is 0 Å². The van der Waals surface area contributed by atoms with Crippen molar-refractivity contribution in [2.24, 2.45) is 11.0 Å². The molecule has 4 rings (SSSR count). The number of allylic oxidation sites excluding steroid dienone is 2. The summed E-state index contributed by atoms with van der Waals surface area (Å²) in [5, 5.41) is 4.29. The Hall–Kier alpha value is -1.92. The summed E-state index contributed by atoms with van der Waals surface area (Å²) in [6, 6.07) is 11.4. The number of fused-ring (bicyclic) bond motifs is 1. The van der Waals surface area contributed by atoms with Gasteiger partial charge in [-0.2, -0.15) is 5.10 Å². The third-order valence-electron chi connectivity index (χ3n) is 5.13. The molecular formula is C22H20Br2N2O2. The van der Waals surface area contributed by atoms with Crippen LogP contribution >= 0.6 is 31.9 Å². The van der Waals surface area contributed by atoms with Crippen LogP contribution in [0.15, 0.2) is 62.1 Å². The number of carbonyl (C=O) groups excluding carboxylic acids is 1. The molecule has 28 heavy (non-hydrogen) atoms. The summed E-state index contributed by atoms with van der Waals surface area (Å²) in [6.07, 6.45) is 5.57. The predicted octanol–water partition coefficient (Wildman–Crippen LogP) is 5.92. The van der Waals surface area contributed by atoms with Gasteiger partial charge in [-0.15, -0.1) is 0 Å². The highest BCUT2D eigenvalue weighted by molar-refractivity contribution is 9.11. The summed E-state index contributed by atoms with van der Waals surface area (Å²) >= 11 is 7.07. The van der Waals surface area contributed by atoms with Crippen molar-refractivity contribution in [1.82, 2.24) is 5.43 Å². The van der Waals surface area contributed by atoms with E-state index in [0.717, 1.165) is 44.4 Å². The zero-order valence-corrected chi connectivity index (χ0v) is 18.6. The second-order valence-electron chi connectivity index (χ2n) is 7.18. The Kier molecular flexibility index (Phi) is 5.69. The molecule has 1 saturated carbocycles. The Morgan fingerprint density at radius 2 is 1.93 bits per heavy atom. The summed E-state index contributed by atoms with van der Waals surface area (Å²) in [5.74, 6) is 1.25. The molecule has 0 radical (unpaired) electrons. The minimum absolute atomic E-state index is 0.189. The molecule has 2 aromatic carbocycles. The van der Waals surface area contributed by atoms with Gasteiger partial charge in [-0.3, -0.25) is 4.79 Å². The van der Waals surface area contributed by atoms with E-state index in [-0.39, 0.29) is 5.91 Å². The molecule has 2 aliphatic carbocycles. The maximum atomic E-state index is 12.3. The number of hydrogen-bond acceptors (Lipinski definition) is 3. The molecule has 0 aliphatic heterocycles. The molecule has 1 unspecified atom stereocenters. The molecule has 144 valence electrons. The third-order valence-corrected chi connectivity index (χ3v) is 6.30. The van der Waals surface area contributed by atoms with E-state index >= 15 is 0 Å². The molecule has 2 aliphatic rings. The monoisotopic (exact) mass is 502 g/mol. The van der Waals surface area contributed by atoms with E-state index in [1.807, 2.05) is 31.2 Å². The molecule has 1 amide bonds. The number of nitrogens with one attached hydrogen (secondary N) is 1. The average Bonchev–Trinajstić information content (AvgIpc) is 3.02. The summed E-state index contributed by atoms with van der Waals surface area (Å²) < 4.78 is 7.74. The number of rotatable bonds is 5. The number of carbonyl (C=O) groups is 1. The molecule has 0 heterocycles. The maximum Gasteiger partial charge on any atom is 0.271 e. The normalized spacial score (nSPS) is 19.0. The first-order valence-electron chi connectivity index (χ1n) is 9.26. The first-order chi connectivity index (χ1) is 13.5. The lowest BCUT2D eigenvalue weighted by atomic mass is 9.79.